The van der Waals surface area contributed by atoms with Crippen LogP contribution in [0.3, 0.4) is 0 Å². The molecule has 0 spiro atoms. The van der Waals surface area contributed by atoms with E-state index in [1.165, 1.54) is 24.9 Å². The quantitative estimate of drug-likeness (QED) is 0.740. The molecule has 0 aliphatic carbocycles. The van der Waals surface area contributed by atoms with E-state index in [9.17, 15) is 0 Å². The third-order valence-corrected chi connectivity index (χ3v) is 5.21. The molecule has 0 N–H and O–H groups in total. The Bertz CT molecular complexity index is 642. The predicted octanol–water partition coefficient (Wildman–Crippen LogP) is 4.52. The summed E-state index contributed by atoms with van der Waals surface area (Å²) in [6.07, 6.45) is 4.90. The summed E-state index contributed by atoms with van der Waals surface area (Å²) in [5.41, 5.74) is 2.31. The normalized spacial score (nSPS) is 16.4. The lowest BCUT2D eigenvalue weighted by Gasteiger charge is -2.28. The van der Waals surface area contributed by atoms with Crippen molar-refractivity contribution in [3.63, 3.8) is 0 Å². The van der Waals surface area contributed by atoms with Gasteiger partial charge < -0.3 is 9.42 Å². The van der Waals surface area contributed by atoms with Crippen LogP contribution in [0.25, 0.3) is 11.4 Å². The van der Waals surface area contributed by atoms with E-state index in [0.717, 1.165) is 44.1 Å². The first-order chi connectivity index (χ1) is 12.3. The molecule has 25 heavy (non-hydrogen) atoms. The maximum Gasteiger partial charge on any atom is 0.244 e. The first-order valence-electron chi connectivity index (χ1n) is 9.69. The first-order valence-corrected chi connectivity index (χ1v) is 9.69. The summed E-state index contributed by atoms with van der Waals surface area (Å²) in [6, 6.07) is 8.77. The Balaban J connectivity index is 1.75. The van der Waals surface area contributed by atoms with Crippen molar-refractivity contribution in [2.75, 3.05) is 31.1 Å². The van der Waals surface area contributed by atoms with Crippen LogP contribution >= 0.6 is 0 Å². The Morgan fingerprint density at radius 3 is 2.32 bits per heavy atom. The Kier molecular flexibility index (Phi) is 6.08. The molecule has 1 aromatic heterocycles. The molecule has 2 aromatic rings. The fourth-order valence-electron chi connectivity index (χ4n) is 3.71. The molecular formula is C20H30N4O. The number of benzene rings is 1. The summed E-state index contributed by atoms with van der Waals surface area (Å²) in [7, 11) is 0. The van der Waals surface area contributed by atoms with Gasteiger partial charge in [-0.15, -0.1) is 0 Å². The summed E-state index contributed by atoms with van der Waals surface area (Å²) in [6.45, 7) is 10.8. The molecule has 1 fully saturated rings. The van der Waals surface area contributed by atoms with E-state index in [2.05, 4.69) is 65.0 Å². The van der Waals surface area contributed by atoms with Gasteiger partial charge in [-0.2, -0.15) is 4.98 Å². The summed E-state index contributed by atoms with van der Waals surface area (Å²) in [5.74, 6) is 1.41. The van der Waals surface area contributed by atoms with Crippen LogP contribution in [-0.4, -0.2) is 41.2 Å². The Labute approximate surface area is 151 Å². The minimum absolute atomic E-state index is 0.198. The van der Waals surface area contributed by atoms with Gasteiger partial charge in [-0.05, 0) is 63.0 Å². The van der Waals surface area contributed by atoms with Gasteiger partial charge in [0.05, 0.1) is 6.04 Å². The lowest BCUT2D eigenvalue weighted by atomic mass is 10.1. The third kappa shape index (κ3) is 4.03. The molecule has 0 saturated carbocycles. The van der Waals surface area contributed by atoms with E-state index in [0.29, 0.717) is 5.82 Å². The van der Waals surface area contributed by atoms with Crippen molar-refractivity contribution < 1.29 is 4.52 Å². The lowest BCUT2D eigenvalue weighted by Crippen LogP contribution is -2.29. The fourth-order valence-corrected chi connectivity index (χ4v) is 3.71. The molecule has 5 nitrogen and oxygen atoms in total. The van der Waals surface area contributed by atoms with E-state index >= 15 is 0 Å². The zero-order valence-electron chi connectivity index (χ0n) is 15.7. The molecule has 0 radical (unpaired) electrons. The van der Waals surface area contributed by atoms with Gasteiger partial charge in [0, 0.05) is 24.3 Å². The highest BCUT2D eigenvalue weighted by molar-refractivity contribution is 5.60. The van der Waals surface area contributed by atoms with Gasteiger partial charge in [0.2, 0.25) is 11.7 Å². The zero-order valence-corrected chi connectivity index (χ0v) is 15.7. The maximum atomic E-state index is 5.59. The van der Waals surface area contributed by atoms with Gasteiger partial charge in [0.1, 0.15) is 0 Å². The van der Waals surface area contributed by atoms with Crippen molar-refractivity contribution in [2.24, 2.45) is 0 Å². The monoisotopic (exact) mass is 342 g/mol. The molecule has 1 atom stereocenters. The van der Waals surface area contributed by atoms with Crippen molar-refractivity contribution in [1.82, 2.24) is 15.0 Å². The van der Waals surface area contributed by atoms with E-state index < -0.39 is 0 Å². The molecule has 1 aliphatic heterocycles. The number of piperidine rings is 1. The molecule has 0 unspecified atom stereocenters. The average Bonchev–Trinajstić information content (AvgIpc) is 3.16. The topological polar surface area (TPSA) is 45.4 Å². The van der Waals surface area contributed by atoms with Crippen molar-refractivity contribution in [2.45, 2.75) is 52.5 Å². The number of aromatic nitrogens is 2. The summed E-state index contributed by atoms with van der Waals surface area (Å²) >= 11 is 0. The molecule has 5 heteroatoms. The first kappa shape index (κ1) is 17.9. The number of rotatable bonds is 7. The number of hydrogen-bond acceptors (Lipinski definition) is 5. The van der Waals surface area contributed by atoms with Gasteiger partial charge in [-0.1, -0.05) is 25.9 Å². The zero-order chi connectivity index (χ0) is 17.6. The van der Waals surface area contributed by atoms with Crippen molar-refractivity contribution in [3.8, 4) is 11.4 Å². The Morgan fingerprint density at radius 1 is 1.04 bits per heavy atom. The second kappa shape index (κ2) is 8.48. The second-order valence-corrected chi connectivity index (χ2v) is 6.70. The van der Waals surface area contributed by atoms with Gasteiger partial charge in [-0.3, -0.25) is 4.90 Å². The van der Waals surface area contributed by atoms with E-state index in [1.54, 1.807) is 0 Å². The van der Waals surface area contributed by atoms with E-state index in [-0.39, 0.29) is 6.04 Å². The second-order valence-electron chi connectivity index (χ2n) is 6.70. The minimum Gasteiger partial charge on any atom is -0.372 e. The largest absolute Gasteiger partial charge is 0.372 e. The molecule has 3 rings (SSSR count). The molecule has 1 aliphatic rings. The van der Waals surface area contributed by atoms with Crippen LogP contribution in [0.5, 0.6) is 0 Å². The number of nitrogens with zero attached hydrogens (tertiary/aromatic N) is 4. The van der Waals surface area contributed by atoms with Crippen LogP contribution in [0.2, 0.25) is 0 Å². The Morgan fingerprint density at radius 2 is 1.72 bits per heavy atom. The molecule has 0 bridgehead atoms. The van der Waals surface area contributed by atoms with Crippen LogP contribution in [0.4, 0.5) is 5.69 Å². The number of hydrogen-bond donors (Lipinski definition) is 0. The van der Waals surface area contributed by atoms with Gasteiger partial charge >= 0.3 is 0 Å². The smallest absolute Gasteiger partial charge is 0.244 e. The van der Waals surface area contributed by atoms with Crippen LogP contribution in [0, 0.1) is 0 Å². The summed E-state index contributed by atoms with van der Waals surface area (Å²) in [4.78, 5) is 9.50. The molecule has 1 aromatic carbocycles. The van der Waals surface area contributed by atoms with E-state index in [4.69, 9.17) is 4.52 Å². The number of anilines is 1. The fraction of sp³-hybridized carbons (Fsp3) is 0.600. The van der Waals surface area contributed by atoms with Gasteiger partial charge in [0.25, 0.3) is 0 Å². The van der Waals surface area contributed by atoms with Crippen molar-refractivity contribution >= 4 is 5.69 Å². The molecule has 136 valence electrons. The molecular weight excluding hydrogens is 312 g/mol. The molecule has 1 saturated heterocycles. The lowest BCUT2D eigenvalue weighted by molar-refractivity contribution is 0.171. The highest BCUT2D eigenvalue weighted by atomic mass is 16.5. The highest BCUT2D eigenvalue weighted by Gasteiger charge is 2.22. The van der Waals surface area contributed by atoms with E-state index in [1.807, 2.05) is 0 Å². The summed E-state index contributed by atoms with van der Waals surface area (Å²) < 4.78 is 5.59. The SMILES string of the molecule is CC[C@@H](c1nc(-c2ccc(N3CCCCC3)cc2)no1)N(CC)CC. The summed E-state index contributed by atoms with van der Waals surface area (Å²) in [5, 5.41) is 4.22. The standard InChI is InChI=1S/C20H30N4O/c1-4-18(23(5-2)6-3)20-21-19(22-25-20)16-10-12-17(13-11-16)24-14-8-7-9-15-24/h10-13,18H,4-9,14-15H2,1-3H3/t18-/m0/s1. The third-order valence-electron chi connectivity index (χ3n) is 5.21. The van der Waals surface area contributed by atoms with Crippen LogP contribution in [-0.2, 0) is 0 Å². The Hall–Kier alpha value is -1.88. The maximum absolute atomic E-state index is 5.59. The minimum atomic E-state index is 0.198. The van der Waals surface area contributed by atoms with Crippen molar-refractivity contribution in [3.05, 3.63) is 30.2 Å². The molecule has 0 amide bonds. The van der Waals surface area contributed by atoms with Gasteiger partial charge in [-0.25, -0.2) is 0 Å². The average molecular weight is 342 g/mol. The van der Waals surface area contributed by atoms with Crippen LogP contribution in [0.1, 0.15) is 58.4 Å². The predicted molar refractivity (Wildman–Crippen MR) is 102 cm³/mol. The van der Waals surface area contributed by atoms with Crippen LogP contribution in [0.15, 0.2) is 28.8 Å². The van der Waals surface area contributed by atoms with Crippen molar-refractivity contribution in [1.29, 1.82) is 0 Å². The van der Waals surface area contributed by atoms with Crippen LogP contribution < -0.4 is 4.90 Å². The van der Waals surface area contributed by atoms with Gasteiger partial charge in [0.15, 0.2) is 0 Å². The molecule has 2 heterocycles. The highest BCUT2D eigenvalue weighted by Crippen LogP contribution is 2.27.